The minimum Gasteiger partial charge on any atom is -0.323 e. The van der Waals surface area contributed by atoms with E-state index in [-0.39, 0.29) is 11.3 Å². The van der Waals surface area contributed by atoms with E-state index in [1.807, 2.05) is 0 Å². The van der Waals surface area contributed by atoms with Crippen LogP contribution in [-0.4, -0.2) is 11.4 Å². The third-order valence-corrected chi connectivity index (χ3v) is 2.97. The zero-order valence-corrected chi connectivity index (χ0v) is 11.0. The Labute approximate surface area is 114 Å². The zero-order valence-electron chi connectivity index (χ0n) is 11.0. The van der Waals surface area contributed by atoms with Crippen molar-refractivity contribution in [3.8, 4) is 6.07 Å². The molecule has 0 aliphatic rings. The molecule has 0 saturated carbocycles. The highest BCUT2D eigenvalue weighted by molar-refractivity contribution is 5.98. The summed E-state index contributed by atoms with van der Waals surface area (Å²) in [4.78, 5) is 11.8. The first-order chi connectivity index (χ1) is 9.11. The standard InChI is InChI=1S/C13H14F3N3O/c1-3-12(2,18)11(20)19-10-5-4-9(13(14,15)16)6-8(10)7-17/h4-6H,3,18H2,1-2H3,(H,19,20). The predicted octanol–water partition coefficient (Wildman–Crippen LogP) is 2.64. The molecule has 1 atom stereocenters. The monoisotopic (exact) mass is 285 g/mol. The van der Waals surface area contributed by atoms with E-state index in [4.69, 9.17) is 11.0 Å². The number of nitrogens with zero attached hydrogens (tertiary/aromatic N) is 1. The van der Waals surface area contributed by atoms with Crippen molar-refractivity contribution in [1.29, 1.82) is 5.26 Å². The number of rotatable bonds is 3. The molecule has 0 spiro atoms. The molecule has 1 aromatic rings. The van der Waals surface area contributed by atoms with Crippen LogP contribution in [0.2, 0.25) is 0 Å². The second kappa shape index (κ2) is 5.51. The molecule has 108 valence electrons. The van der Waals surface area contributed by atoms with Crippen LogP contribution in [0, 0.1) is 11.3 Å². The molecule has 4 nitrogen and oxygen atoms in total. The maximum absolute atomic E-state index is 12.5. The summed E-state index contributed by atoms with van der Waals surface area (Å²) in [6.07, 6.45) is -4.19. The van der Waals surface area contributed by atoms with Gasteiger partial charge in [0.2, 0.25) is 5.91 Å². The number of carbonyl (C=O) groups is 1. The quantitative estimate of drug-likeness (QED) is 0.896. The molecule has 0 aliphatic heterocycles. The van der Waals surface area contributed by atoms with Crippen LogP contribution in [0.1, 0.15) is 31.4 Å². The fourth-order valence-electron chi connectivity index (χ4n) is 1.35. The van der Waals surface area contributed by atoms with E-state index in [2.05, 4.69) is 5.32 Å². The summed E-state index contributed by atoms with van der Waals surface area (Å²) >= 11 is 0. The van der Waals surface area contributed by atoms with Crippen molar-refractivity contribution in [2.45, 2.75) is 32.0 Å². The predicted molar refractivity (Wildman–Crippen MR) is 67.7 cm³/mol. The average Bonchev–Trinajstić information content (AvgIpc) is 2.37. The number of alkyl halides is 3. The second-order valence-corrected chi connectivity index (χ2v) is 4.60. The van der Waals surface area contributed by atoms with Gasteiger partial charge in [-0.25, -0.2) is 0 Å². The molecule has 1 rings (SSSR count). The molecule has 3 N–H and O–H groups in total. The number of nitriles is 1. The molecular weight excluding hydrogens is 271 g/mol. The first-order valence-corrected chi connectivity index (χ1v) is 5.83. The van der Waals surface area contributed by atoms with E-state index in [0.29, 0.717) is 12.5 Å². The van der Waals surface area contributed by atoms with Gasteiger partial charge in [0, 0.05) is 0 Å². The first-order valence-electron chi connectivity index (χ1n) is 5.83. The van der Waals surface area contributed by atoms with Crippen molar-refractivity contribution >= 4 is 11.6 Å². The summed E-state index contributed by atoms with van der Waals surface area (Å²) in [5, 5.41) is 11.3. The number of anilines is 1. The Morgan fingerprint density at radius 2 is 2.05 bits per heavy atom. The highest BCUT2D eigenvalue weighted by Gasteiger charge is 2.32. The molecule has 0 aliphatic carbocycles. The van der Waals surface area contributed by atoms with Gasteiger partial charge in [0.05, 0.1) is 22.4 Å². The Kier molecular flexibility index (Phi) is 4.40. The first kappa shape index (κ1) is 16.0. The summed E-state index contributed by atoms with van der Waals surface area (Å²) in [7, 11) is 0. The third-order valence-electron chi connectivity index (χ3n) is 2.97. The van der Waals surface area contributed by atoms with Gasteiger partial charge in [-0.3, -0.25) is 4.79 Å². The van der Waals surface area contributed by atoms with Crippen LogP contribution < -0.4 is 11.1 Å². The Morgan fingerprint density at radius 3 is 2.50 bits per heavy atom. The minimum absolute atomic E-state index is 0.00984. The van der Waals surface area contributed by atoms with Gasteiger partial charge >= 0.3 is 6.18 Å². The normalized spacial score (nSPS) is 14.2. The van der Waals surface area contributed by atoms with E-state index in [9.17, 15) is 18.0 Å². The van der Waals surface area contributed by atoms with Crippen LogP contribution in [0.4, 0.5) is 18.9 Å². The number of hydrogen-bond acceptors (Lipinski definition) is 3. The maximum atomic E-state index is 12.5. The average molecular weight is 285 g/mol. The fraction of sp³-hybridized carbons (Fsp3) is 0.385. The van der Waals surface area contributed by atoms with Crippen LogP contribution >= 0.6 is 0 Å². The topological polar surface area (TPSA) is 78.9 Å². The number of hydrogen-bond donors (Lipinski definition) is 2. The number of amides is 1. The summed E-state index contributed by atoms with van der Waals surface area (Å²) in [6, 6.07) is 4.17. The smallest absolute Gasteiger partial charge is 0.323 e. The van der Waals surface area contributed by atoms with Crippen molar-refractivity contribution in [1.82, 2.24) is 0 Å². The molecule has 0 radical (unpaired) electrons. The lowest BCUT2D eigenvalue weighted by atomic mass is 9.99. The summed E-state index contributed by atoms with van der Waals surface area (Å²) in [5.74, 6) is -0.559. The fourth-order valence-corrected chi connectivity index (χ4v) is 1.35. The Hall–Kier alpha value is -2.07. The lowest BCUT2D eigenvalue weighted by Gasteiger charge is -2.22. The Morgan fingerprint density at radius 1 is 1.45 bits per heavy atom. The van der Waals surface area contributed by atoms with E-state index in [1.54, 1.807) is 13.0 Å². The number of halogens is 3. The molecule has 20 heavy (non-hydrogen) atoms. The maximum Gasteiger partial charge on any atom is 0.416 e. The number of nitrogens with two attached hydrogens (primary N) is 1. The van der Waals surface area contributed by atoms with Gasteiger partial charge < -0.3 is 11.1 Å². The molecule has 0 bridgehead atoms. The van der Waals surface area contributed by atoms with E-state index >= 15 is 0 Å². The van der Waals surface area contributed by atoms with Gasteiger partial charge in [-0.05, 0) is 31.5 Å². The minimum atomic E-state index is -4.54. The van der Waals surface area contributed by atoms with Crippen LogP contribution in [0.25, 0.3) is 0 Å². The number of benzene rings is 1. The van der Waals surface area contributed by atoms with Gasteiger partial charge in [-0.1, -0.05) is 6.92 Å². The van der Waals surface area contributed by atoms with Crippen molar-refractivity contribution in [3.63, 3.8) is 0 Å². The zero-order chi connectivity index (χ0) is 15.6. The highest BCUT2D eigenvalue weighted by Crippen LogP contribution is 2.31. The molecule has 7 heteroatoms. The van der Waals surface area contributed by atoms with Gasteiger partial charge in [0.25, 0.3) is 0 Å². The van der Waals surface area contributed by atoms with Crippen molar-refractivity contribution < 1.29 is 18.0 Å². The van der Waals surface area contributed by atoms with E-state index in [0.717, 1.165) is 12.1 Å². The molecule has 1 amide bonds. The van der Waals surface area contributed by atoms with Crippen LogP contribution in [-0.2, 0) is 11.0 Å². The van der Waals surface area contributed by atoms with Crippen LogP contribution in [0.5, 0.6) is 0 Å². The molecule has 1 unspecified atom stereocenters. The summed E-state index contributed by atoms with van der Waals surface area (Å²) < 4.78 is 37.6. The lowest BCUT2D eigenvalue weighted by molar-refractivity contribution is -0.137. The Balaban J connectivity index is 3.10. The van der Waals surface area contributed by atoms with E-state index < -0.39 is 23.2 Å². The lowest BCUT2D eigenvalue weighted by Crippen LogP contribution is -2.47. The molecule has 0 fully saturated rings. The summed E-state index contributed by atoms with van der Waals surface area (Å²) in [5.41, 5.74) is 3.37. The highest BCUT2D eigenvalue weighted by atomic mass is 19.4. The van der Waals surface area contributed by atoms with E-state index in [1.165, 1.54) is 6.92 Å². The van der Waals surface area contributed by atoms with Crippen molar-refractivity contribution in [2.75, 3.05) is 5.32 Å². The number of nitrogens with one attached hydrogen (secondary N) is 1. The van der Waals surface area contributed by atoms with Gasteiger partial charge in [0.15, 0.2) is 0 Å². The second-order valence-electron chi connectivity index (χ2n) is 4.60. The molecule has 0 heterocycles. The van der Waals surface area contributed by atoms with Crippen molar-refractivity contribution in [2.24, 2.45) is 5.73 Å². The van der Waals surface area contributed by atoms with Gasteiger partial charge in [0.1, 0.15) is 6.07 Å². The Bertz CT molecular complexity index is 559. The van der Waals surface area contributed by atoms with Gasteiger partial charge in [-0.15, -0.1) is 0 Å². The van der Waals surface area contributed by atoms with Crippen LogP contribution in [0.15, 0.2) is 18.2 Å². The van der Waals surface area contributed by atoms with Crippen molar-refractivity contribution in [3.05, 3.63) is 29.3 Å². The molecule has 1 aromatic carbocycles. The largest absolute Gasteiger partial charge is 0.416 e. The third kappa shape index (κ3) is 3.48. The summed E-state index contributed by atoms with van der Waals surface area (Å²) in [6.45, 7) is 3.20. The molecule has 0 aromatic heterocycles. The SMILES string of the molecule is CCC(C)(N)C(=O)Nc1ccc(C(F)(F)F)cc1C#N. The van der Waals surface area contributed by atoms with Gasteiger partial charge in [-0.2, -0.15) is 18.4 Å². The number of carbonyl (C=O) groups excluding carboxylic acids is 1. The molecular formula is C13H14F3N3O. The van der Waals surface area contributed by atoms with Crippen LogP contribution in [0.3, 0.4) is 0 Å². The molecule has 0 saturated heterocycles.